The molecule has 3 heteroatoms. The molecule has 0 saturated heterocycles. The van der Waals surface area contributed by atoms with Crippen molar-refractivity contribution in [1.82, 2.24) is 4.90 Å². The number of hydrogen-bond acceptors (Lipinski definition) is 2. The van der Waals surface area contributed by atoms with E-state index in [1.54, 1.807) is 18.9 Å². The highest BCUT2D eigenvalue weighted by Crippen LogP contribution is 2.00. The van der Waals surface area contributed by atoms with Crippen LogP contribution in [0.1, 0.15) is 20.3 Å². The van der Waals surface area contributed by atoms with E-state index >= 15 is 0 Å². The van der Waals surface area contributed by atoms with Crippen LogP contribution in [0.3, 0.4) is 0 Å². The third-order valence-corrected chi connectivity index (χ3v) is 1.63. The maximum atomic E-state index is 11.1. The van der Waals surface area contributed by atoms with Gasteiger partial charge in [-0.25, -0.2) is 0 Å². The van der Waals surface area contributed by atoms with Gasteiger partial charge in [-0.2, -0.15) is 0 Å². The van der Waals surface area contributed by atoms with Crippen molar-refractivity contribution in [2.45, 2.75) is 20.3 Å². The van der Waals surface area contributed by atoms with Crippen LogP contribution in [0.2, 0.25) is 0 Å². The van der Waals surface area contributed by atoms with E-state index < -0.39 is 0 Å². The summed E-state index contributed by atoms with van der Waals surface area (Å²) in [5.41, 5.74) is 0. The average molecular weight is 157 g/mol. The second kappa shape index (κ2) is 4.88. The molecule has 0 heterocycles. The molecule has 64 valence electrons. The first-order valence-corrected chi connectivity index (χ1v) is 3.81. The van der Waals surface area contributed by atoms with Crippen LogP contribution >= 0.6 is 0 Å². The molecule has 11 heavy (non-hydrogen) atoms. The first-order valence-electron chi connectivity index (χ1n) is 3.81. The molecule has 0 fully saturated rings. The summed E-state index contributed by atoms with van der Waals surface area (Å²) in [6.45, 7) is 4.35. The third kappa shape index (κ3) is 3.75. The second-order valence-corrected chi connectivity index (χ2v) is 2.73. The minimum Gasteiger partial charge on any atom is -0.346 e. The summed E-state index contributed by atoms with van der Waals surface area (Å²) in [5.74, 6) is -0.122. The molecule has 0 saturated carbocycles. The summed E-state index contributed by atoms with van der Waals surface area (Å²) in [4.78, 5) is 22.9. The lowest BCUT2D eigenvalue weighted by atomic mass is 10.1. The minimum absolute atomic E-state index is 0.0344. The zero-order valence-corrected chi connectivity index (χ0v) is 7.33. The predicted octanol–water partition coefficient (Wildman–Crippen LogP) is 0.690. The Kier molecular flexibility index (Phi) is 4.50. The molecule has 1 atom stereocenters. The van der Waals surface area contributed by atoms with E-state index in [2.05, 4.69) is 0 Å². The number of amides is 1. The summed E-state index contributed by atoms with van der Waals surface area (Å²) in [6.07, 6.45) is 1.13. The van der Waals surface area contributed by atoms with Crippen LogP contribution in [-0.4, -0.2) is 30.7 Å². The van der Waals surface area contributed by atoms with E-state index in [0.717, 1.165) is 6.29 Å². The summed E-state index contributed by atoms with van der Waals surface area (Å²) >= 11 is 0. The van der Waals surface area contributed by atoms with Crippen LogP contribution in [0, 0.1) is 5.92 Å². The number of hydrogen-bond donors (Lipinski definition) is 0. The lowest BCUT2D eigenvalue weighted by Gasteiger charge is -2.14. The van der Waals surface area contributed by atoms with Gasteiger partial charge in [0.15, 0.2) is 0 Å². The molecule has 0 rings (SSSR count). The topological polar surface area (TPSA) is 37.4 Å². The van der Waals surface area contributed by atoms with Crippen molar-refractivity contribution < 1.29 is 9.59 Å². The molecule has 0 N–H and O–H groups in total. The molecule has 0 aromatic heterocycles. The lowest BCUT2D eigenvalue weighted by Crippen LogP contribution is -2.27. The van der Waals surface area contributed by atoms with Gasteiger partial charge >= 0.3 is 0 Å². The van der Waals surface area contributed by atoms with E-state index in [0.29, 0.717) is 13.0 Å². The van der Waals surface area contributed by atoms with Gasteiger partial charge in [-0.1, -0.05) is 6.92 Å². The molecular weight excluding hydrogens is 142 g/mol. The Bertz CT molecular complexity index is 145. The minimum atomic E-state index is -0.156. The monoisotopic (exact) mass is 157 g/mol. The molecule has 0 aliphatic carbocycles. The van der Waals surface area contributed by atoms with Crippen LogP contribution in [0.25, 0.3) is 0 Å². The van der Waals surface area contributed by atoms with Crippen LogP contribution in [0.4, 0.5) is 0 Å². The van der Waals surface area contributed by atoms with E-state index in [9.17, 15) is 9.59 Å². The number of carbonyl (C=O) groups excluding carboxylic acids is 2. The Hall–Kier alpha value is -0.860. The van der Waals surface area contributed by atoms with E-state index in [4.69, 9.17) is 0 Å². The molecule has 0 aromatic carbocycles. The number of nitrogens with zero attached hydrogens (tertiary/aromatic N) is 1. The van der Waals surface area contributed by atoms with Crippen molar-refractivity contribution in [3.8, 4) is 0 Å². The van der Waals surface area contributed by atoms with Crippen molar-refractivity contribution in [3.63, 3.8) is 0 Å². The van der Waals surface area contributed by atoms with Crippen molar-refractivity contribution in [2.75, 3.05) is 13.6 Å². The molecule has 0 radical (unpaired) electrons. The highest BCUT2D eigenvalue weighted by atomic mass is 16.2. The molecule has 3 nitrogen and oxygen atoms in total. The van der Waals surface area contributed by atoms with Crippen LogP contribution in [0.5, 0.6) is 0 Å². The Morgan fingerprint density at radius 3 is 2.55 bits per heavy atom. The maximum absolute atomic E-state index is 11.1. The highest BCUT2D eigenvalue weighted by Gasteiger charge is 2.10. The van der Waals surface area contributed by atoms with Gasteiger partial charge in [-0.05, 0) is 6.92 Å². The summed E-state index contributed by atoms with van der Waals surface area (Å²) < 4.78 is 0. The fraction of sp³-hybridized carbons (Fsp3) is 0.750. The van der Waals surface area contributed by atoms with Crippen LogP contribution in [-0.2, 0) is 9.59 Å². The molecule has 0 bridgehead atoms. The molecule has 0 aliphatic heterocycles. The summed E-state index contributed by atoms with van der Waals surface area (Å²) in [7, 11) is 1.74. The van der Waals surface area contributed by atoms with E-state index in [-0.39, 0.29) is 11.8 Å². The Morgan fingerprint density at radius 1 is 1.64 bits per heavy atom. The molecule has 0 aromatic rings. The molecule has 1 amide bonds. The molecular formula is C8H15NO2. The SMILES string of the molecule is CCN(C)C(=O)C[C@@H](C)C=O. The van der Waals surface area contributed by atoms with Gasteiger partial charge < -0.3 is 9.69 Å². The largest absolute Gasteiger partial charge is 0.346 e. The lowest BCUT2D eigenvalue weighted by molar-refractivity contribution is -0.131. The normalized spacial score (nSPS) is 12.3. The van der Waals surface area contributed by atoms with Crippen LogP contribution < -0.4 is 0 Å². The van der Waals surface area contributed by atoms with Crippen molar-refractivity contribution in [1.29, 1.82) is 0 Å². The zero-order valence-electron chi connectivity index (χ0n) is 7.33. The van der Waals surface area contributed by atoms with Gasteiger partial charge in [0.2, 0.25) is 5.91 Å². The van der Waals surface area contributed by atoms with Crippen molar-refractivity contribution in [3.05, 3.63) is 0 Å². The summed E-state index contributed by atoms with van der Waals surface area (Å²) in [6, 6.07) is 0. The molecule has 0 unspecified atom stereocenters. The van der Waals surface area contributed by atoms with E-state index in [1.165, 1.54) is 0 Å². The Labute approximate surface area is 67.4 Å². The molecule has 0 spiro atoms. The predicted molar refractivity (Wildman–Crippen MR) is 43.2 cm³/mol. The molecule has 0 aliphatic rings. The second-order valence-electron chi connectivity index (χ2n) is 2.73. The quantitative estimate of drug-likeness (QED) is 0.563. The number of rotatable bonds is 4. The maximum Gasteiger partial charge on any atom is 0.223 e. The fourth-order valence-electron chi connectivity index (χ4n) is 0.656. The standard InChI is InChI=1S/C8H15NO2/c1-4-9(3)8(11)5-7(2)6-10/h6-7H,4-5H2,1-3H3/t7-/m1/s1. The van der Waals surface area contributed by atoms with Gasteiger partial charge in [0.05, 0.1) is 0 Å². The van der Waals surface area contributed by atoms with Gasteiger partial charge in [-0.3, -0.25) is 4.79 Å². The van der Waals surface area contributed by atoms with Gasteiger partial charge in [0, 0.05) is 25.9 Å². The average Bonchev–Trinajstić information content (AvgIpc) is 2.02. The Balaban J connectivity index is 3.76. The summed E-state index contributed by atoms with van der Waals surface area (Å²) in [5, 5.41) is 0. The van der Waals surface area contributed by atoms with Gasteiger partial charge in [0.1, 0.15) is 6.29 Å². The van der Waals surface area contributed by atoms with Crippen molar-refractivity contribution in [2.24, 2.45) is 5.92 Å². The Morgan fingerprint density at radius 2 is 2.18 bits per heavy atom. The fourth-order valence-corrected chi connectivity index (χ4v) is 0.656. The number of carbonyl (C=O) groups is 2. The van der Waals surface area contributed by atoms with Crippen molar-refractivity contribution >= 4 is 12.2 Å². The number of aldehydes is 1. The van der Waals surface area contributed by atoms with Gasteiger partial charge in [0.25, 0.3) is 0 Å². The first kappa shape index (κ1) is 10.1. The first-order chi connectivity index (χ1) is 5.11. The van der Waals surface area contributed by atoms with Crippen LogP contribution in [0.15, 0.2) is 0 Å². The van der Waals surface area contributed by atoms with Gasteiger partial charge in [-0.15, -0.1) is 0 Å². The highest BCUT2D eigenvalue weighted by molar-refractivity contribution is 5.78. The third-order valence-electron chi connectivity index (χ3n) is 1.63. The zero-order chi connectivity index (χ0) is 8.85. The van der Waals surface area contributed by atoms with E-state index in [1.807, 2.05) is 6.92 Å². The smallest absolute Gasteiger partial charge is 0.223 e.